The highest BCUT2D eigenvalue weighted by atomic mass is 79.9. The lowest BCUT2D eigenvalue weighted by atomic mass is 9.89. The molecule has 1 aromatic heterocycles. The fourth-order valence-corrected chi connectivity index (χ4v) is 2.50. The van der Waals surface area contributed by atoms with Crippen LogP contribution < -0.4 is 5.32 Å². The molecule has 0 aliphatic heterocycles. The monoisotopic (exact) mass is 282 g/mol. The number of hydrogen-bond donors (Lipinski definition) is 1. The summed E-state index contributed by atoms with van der Waals surface area (Å²) in [4.78, 5) is 4.50. The van der Waals surface area contributed by atoms with Crippen molar-refractivity contribution in [2.75, 3.05) is 11.9 Å². The highest BCUT2D eigenvalue weighted by Gasteiger charge is 2.13. The van der Waals surface area contributed by atoms with Crippen LogP contribution in [0.5, 0.6) is 0 Å². The van der Waals surface area contributed by atoms with Gasteiger partial charge in [0.1, 0.15) is 5.82 Å². The Bertz CT molecular complexity index is 346. The third-order valence-corrected chi connectivity index (χ3v) is 4.16. The Balaban J connectivity index is 1.86. The first-order chi connectivity index (χ1) is 7.75. The van der Waals surface area contributed by atoms with E-state index in [1.165, 1.54) is 32.1 Å². The minimum absolute atomic E-state index is 0.847. The maximum Gasteiger partial charge on any atom is 0.126 e. The first-order valence-corrected chi connectivity index (χ1v) is 6.92. The number of hydrogen-bond acceptors (Lipinski definition) is 2. The minimum Gasteiger partial charge on any atom is -0.370 e. The Labute approximate surface area is 106 Å². The zero-order valence-electron chi connectivity index (χ0n) is 9.80. The van der Waals surface area contributed by atoms with Crippen LogP contribution >= 0.6 is 15.9 Å². The SMILES string of the molecule is Cc1nc(NCC2CCCCC2)ccc1Br. The van der Waals surface area contributed by atoms with Crippen LogP contribution in [0.1, 0.15) is 37.8 Å². The number of pyridine rings is 1. The molecule has 0 unspecified atom stereocenters. The van der Waals surface area contributed by atoms with Gasteiger partial charge in [-0.05, 0) is 53.7 Å². The van der Waals surface area contributed by atoms with Crippen LogP contribution in [0.4, 0.5) is 5.82 Å². The summed E-state index contributed by atoms with van der Waals surface area (Å²) in [5.74, 6) is 1.85. The largest absolute Gasteiger partial charge is 0.370 e. The topological polar surface area (TPSA) is 24.9 Å². The molecule has 0 spiro atoms. The second-order valence-electron chi connectivity index (χ2n) is 4.65. The smallest absolute Gasteiger partial charge is 0.126 e. The zero-order chi connectivity index (χ0) is 11.4. The van der Waals surface area contributed by atoms with Gasteiger partial charge in [-0.15, -0.1) is 0 Å². The molecule has 1 fully saturated rings. The van der Waals surface area contributed by atoms with Gasteiger partial charge in [-0.3, -0.25) is 0 Å². The van der Waals surface area contributed by atoms with Crippen molar-refractivity contribution in [3.8, 4) is 0 Å². The van der Waals surface area contributed by atoms with Crippen molar-refractivity contribution in [2.45, 2.75) is 39.0 Å². The number of nitrogens with one attached hydrogen (secondary N) is 1. The summed E-state index contributed by atoms with van der Waals surface area (Å²) < 4.78 is 1.08. The first kappa shape index (κ1) is 11.9. The molecule has 1 aliphatic rings. The summed E-state index contributed by atoms with van der Waals surface area (Å²) >= 11 is 3.47. The van der Waals surface area contributed by atoms with Crippen LogP contribution in [-0.4, -0.2) is 11.5 Å². The molecule has 88 valence electrons. The maximum absolute atomic E-state index is 4.50. The molecule has 2 rings (SSSR count). The molecule has 0 amide bonds. The van der Waals surface area contributed by atoms with Crippen LogP contribution in [0.25, 0.3) is 0 Å². The van der Waals surface area contributed by atoms with Crippen LogP contribution in [0, 0.1) is 12.8 Å². The molecule has 0 aromatic carbocycles. The van der Waals surface area contributed by atoms with Crippen LogP contribution in [0.2, 0.25) is 0 Å². The third kappa shape index (κ3) is 3.21. The Kier molecular flexibility index (Phi) is 4.22. The van der Waals surface area contributed by atoms with Gasteiger partial charge in [-0.1, -0.05) is 19.3 Å². The van der Waals surface area contributed by atoms with Gasteiger partial charge >= 0.3 is 0 Å². The Morgan fingerprint density at radius 1 is 1.31 bits per heavy atom. The number of anilines is 1. The summed E-state index contributed by atoms with van der Waals surface area (Å²) in [6, 6.07) is 4.10. The van der Waals surface area contributed by atoms with Crippen LogP contribution in [-0.2, 0) is 0 Å². The van der Waals surface area contributed by atoms with E-state index in [4.69, 9.17) is 0 Å². The molecule has 1 N–H and O–H groups in total. The van der Waals surface area contributed by atoms with E-state index in [0.29, 0.717) is 0 Å². The third-order valence-electron chi connectivity index (χ3n) is 3.32. The van der Waals surface area contributed by atoms with E-state index in [2.05, 4.69) is 32.3 Å². The predicted octanol–water partition coefficient (Wildman–Crippen LogP) is 4.14. The molecule has 16 heavy (non-hydrogen) atoms. The molecule has 0 bridgehead atoms. The summed E-state index contributed by atoms with van der Waals surface area (Å²) in [6.45, 7) is 3.10. The fraction of sp³-hybridized carbons (Fsp3) is 0.615. The second kappa shape index (κ2) is 5.67. The van der Waals surface area contributed by atoms with Gasteiger partial charge in [-0.25, -0.2) is 4.98 Å². The number of nitrogens with zero attached hydrogens (tertiary/aromatic N) is 1. The van der Waals surface area contributed by atoms with Gasteiger partial charge in [0.15, 0.2) is 0 Å². The number of aryl methyl sites for hydroxylation is 1. The standard InChI is InChI=1S/C13H19BrN2/c1-10-12(14)7-8-13(16-10)15-9-11-5-3-2-4-6-11/h7-8,11H,2-6,9H2,1H3,(H,15,16). The van der Waals surface area contributed by atoms with Crippen LogP contribution in [0.15, 0.2) is 16.6 Å². The van der Waals surface area contributed by atoms with Gasteiger partial charge in [0.05, 0.1) is 5.69 Å². The molecule has 1 aromatic rings. The highest BCUT2D eigenvalue weighted by molar-refractivity contribution is 9.10. The molecule has 0 atom stereocenters. The van der Waals surface area contributed by atoms with Crippen molar-refractivity contribution in [3.63, 3.8) is 0 Å². The van der Waals surface area contributed by atoms with Crippen LogP contribution in [0.3, 0.4) is 0 Å². The molecule has 2 nitrogen and oxygen atoms in total. The molecule has 1 heterocycles. The Morgan fingerprint density at radius 3 is 2.75 bits per heavy atom. The molecule has 0 radical (unpaired) electrons. The maximum atomic E-state index is 4.50. The van der Waals surface area contributed by atoms with Crippen molar-refractivity contribution in [1.82, 2.24) is 4.98 Å². The Hall–Kier alpha value is -0.570. The molecule has 1 aliphatic carbocycles. The van der Waals surface area contributed by atoms with Gasteiger partial charge in [0, 0.05) is 11.0 Å². The predicted molar refractivity (Wildman–Crippen MR) is 71.7 cm³/mol. The number of rotatable bonds is 3. The normalized spacial score (nSPS) is 17.4. The van der Waals surface area contributed by atoms with Gasteiger partial charge in [-0.2, -0.15) is 0 Å². The average Bonchev–Trinajstić information content (AvgIpc) is 2.32. The summed E-state index contributed by atoms with van der Waals surface area (Å²) in [5.41, 5.74) is 1.05. The van der Waals surface area contributed by atoms with E-state index in [1.54, 1.807) is 0 Å². The van der Waals surface area contributed by atoms with Crippen molar-refractivity contribution >= 4 is 21.7 Å². The zero-order valence-corrected chi connectivity index (χ0v) is 11.4. The van der Waals surface area contributed by atoms with E-state index in [9.17, 15) is 0 Å². The summed E-state index contributed by atoms with van der Waals surface area (Å²) in [6.07, 6.45) is 6.98. The molecule has 0 saturated heterocycles. The molecular formula is C13H19BrN2. The second-order valence-corrected chi connectivity index (χ2v) is 5.50. The minimum atomic E-state index is 0.847. The summed E-state index contributed by atoms with van der Waals surface area (Å²) in [5, 5.41) is 3.45. The van der Waals surface area contributed by atoms with E-state index >= 15 is 0 Å². The lowest BCUT2D eigenvalue weighted by Crippen LogP contribution is -2.17. The van der Waals surface area contributed by atoms with E-state index in [1.807, 2.05) is 13.0 Å². The molecular weight excluding hydrogens is 264 g/mol. The molecule has 1 saturated carbocycles. The van der Waals surface area contributed by atoms with Crippen molar-refractivity contribution in [2.24, 2.45) is 5.92 Å². The van der Waals surface area contributed by atoms with Gasteiger partial charge < -0.3 is 5.32 Å². The quantitative estimate of drug-likeness (QED) is 0.901. The average molecular weight is 283 g/mol. The van der Waals surface area contributed by atoms with E-state index in [-0.39, 0.29) is 0 Å². The van der Waals surface area contributed by atoms with E-state index in [0.717, 1.165) is 28.4 Å². The summed E-state index contributed by atoms with van der Waals surface area (Å²) in [7, 11) is 0. The first-order valence-electron chi connectivity index (χ1n) is 6.13. The lowest BCUT2D eigenvalue weighted by molar-refractivity contribution is 0.373. The van der Waals surface area contributed by atoms with Crippen molar-refractivity contribution in [3.05, 3.63) is 22.3 Å². The Morgan fingerprint density at radius 2 is 2.06 bits per heavy atom. The fourth-order valence-electron chi connectivity index (χ4n) is 2.28. The van der Waals surface area contributed by atoms with Gasteiger partial charge in [0.25, 0.3) is 0 Å². The highest BCUT2D eigenvalue weighted by Crippen LogP contribution is 2.24. The van der Waals surface area contributed by atoms with Crippen molar-refractivity contribution < 1.29 is 0 Å². The van der Waals surface area contributed by atoms with Gasteiger partial charge in [0.2, 0.25) is 0 Å². The number of aromatic nitrogens is 1. The van der Waals surface area contributed by atoms with Crippen molar-refractivity contribution in [1.29, 1.82) is 0 Å². The number of halogens is 1. The van der Waals surface area contributed by atoms with E-state index < -0.39 is 0 Å². The lowest BCUT2D eigenvalue weighted by Gasteiger charge is -2.22. The molecule has 3 heteroatoms.